The molecular weight excluding hydrogens is 524 g/mol. The van der Waals surface area contributed by atoms with Crippen molar-refractivity contribution in [1.82, 2.24) is 4.31 Å². The molecule has 0 spiro atoms. The molecule has 2 aliphatic rings. The second-order valence-corrected chi connectivity index (χ2v) is 14.1. The van der Waals surface area contributed by atoms with Crippen molar-refractivity contribution in [2.45, 2.75) is 35.0 Å². The summed E-state index contributed by atoms with van der Waals surface area (Å²) in [6, 6.07) is 7.10. The Bertz CT molecular complexity index is 1330. The second-order valence-electron chi connectivity index (χ2n) is 9.15. The second kappa shape index (κ2) is 9.26. The highest BCUT2D eigenvalue weighted by molar-refractivity contribution is 7.92. The molecule has 0 amide bonds. The zero-order valence-corrected chi connectivity index (χ0v) is 21.5. The summed E-state index contributed by atoms with van der Waals surface area (Å²) >= 11 is 5.94. The molecule has 1 aliphatic carbocycles. The van der Waals surface area contributed by atoms with E-state index in [-0.39, 0.29) is 36.5 Å². The number of hydrogen-bond acceptors (Lipinski definition) is 6. The van der Waals surface area contributed by atoms with E-state index in [2.05, 4.69) is 0 Å². The summed E-state index contributed by atoms with van der Waals surface area (Å²) < 4.78 is 88.1. The number of aliphatic hydroxyl groups is 1. The summed E-state index contributed by atoms with van der Waals surface area (Å²) in [5, 5.41) is 11.2. The quantitative estimate of drug-likeness (QED) is 0.593. The van der Waals surface area contributed by atoms with Crippen LogP contribution < -0.4 is 4.74 Å². The maximum atomic E-state index is 15.4. The first-order valence-corrected chi connectivity index (χ1v) is 14.5. The Kier molecular flexibility index (Phi) is 6.95. The van der Waals surface area contributed by atoms with Gasteiger partial charge in [-0.3, -0.25) is 0 Å². The van der Waals surface area contributed by atoms with E-state index in [9.17, 15) is 26.3 Å². The average Bonchev–Trinajstić information content (AvgIpc) is 2.80. The summed E-state index contributed by atoms with van der Waals surface area (Å²) in [6.45, 7) is -0.329. The first-order chi connectivity index (χ1) is 16.3. The van der Waals surface area contributed by atoms with Gasteiger partial charge in [0, 0.05) is 25.0 Å². The Balaban J connectivity index is 1.93. The monoisotopic (exact) mass is 549 g/mol. The van der Waals surface area contributed by atoms with Crippen LogP contribution in [0.25, 0.3) is 0 Å². The molecule has 192 valence electrons. The Labute approximate surface area is 208 Å². The fourth-order valence-electron chi connectivity index (χ4n) is 5.34. The third-order valence-electron chi connectivity index (χ3n) is 7.18. The molecule has 35 heavy (non-hydrogen) atoms. The van der Waals surface area contributed by atoms with E-state index in [4.69, 9.17) is 16.3 Å². The first-order valence-electron chi connectivity index (χ1n) is 11.0. The standard InChI is InChI=1S/C23H26ClF2NO6S2/c1-27(2)34(29,30)12-10-16-17-13-33-22-19(26)8-7-18(25)21(22)23(17,11-9-20(16)28)35(31,32)15-5-3-14(24)4-6-15/h3-8,16-17,20,28H,9-13H2,1-2H3/t16-,17-,20+,23-/m1/s1. The molecule has 1 heterocycles. The van der Waals surface area contributed by atoms with Crippen LogP contribution in [0.4, 0.5) is 8.78 Å². The number of benzene rings is 2. The van der Waals surface area contributed by atoms with Gasteiger partial charge in [-0.25, -0.2) is 29.9 Å². The molecule has 1 aliphatic heterocycles. The number of aliphatic hydroxyl groups excluding tert-OH is 1. The van der Waals surface area contributed by atoms with Gasteiger partial charge in [-0.2, -0.15) is 0 Å². The molecule has 12 heteroatoms. The molecule has 2 aromatic carbocycles. The number of ether oxygens (including phenoxy) is 1. The molecule has 0 saturated heterocycles. The van der Waals surface area contributed by atoms with Gasteiger partial charge in [0.25, 0.3) is 0 Å². The lowest BCUT2D eigenvalue weighted by molar-refractivity contribution is -0.0216. The van der Waals surface area contributed by atoms with Gasteiger partial charge in [-0.1, -0.05) is 11.6 Å². The fraction of sp³-hybridized carbons (Fsp3) is 0.478. The van der Waals surface area contributed by atoms with Crippen molar-refractivity contribution in [2.75, 3.05) is 26.5 Å². The minimum atomic E-state index is -4.40. The van der Waals surface area contributed by atoms with Gasteiger partial charge in [0.2, 0.25) is 10.0 Å². The number of sulfonamides is 1. The molecule has 2 aromatic rings. The van der Waals surface area contributed by atoms with Gasteiger partial charge in [0.05, 0.1) is 28.9 Å². The van der Waals surface area contributed by atoms with Crippen LogP contribution in [-0.4, -0.2) is 58.8 Å². The zero-order chi connectivity index (χ0) is 25.8. The number of fused-ring (bicyclic) bond motifs is 3. The molecule has 4 rings (SSSR count). The molecule has 1 fully saturated rings. The molecule has 0 radical (unpaired) electrons. The van der Waals surface area contributed by atoms with Crippen molar-refractivity contribution in [3.05, 3.63) is 58.6 Å². The van der Waals surface area contributed by atoms with Crippen molar-refractivity contribution < 1.29 is 35.5 Å². The van der Waals surface area contributed by atoms with E-state index in [1.54, 1.807) is 0 Å². The van der Waals surface area contributed by atoms with E-state index < -0.39 is 65.5 Å². The number of hydrogen-bond donors (Lipinski definition) is 1. The molecule has 4 atom stereocenters. The number of nitrogens with zero attached hydrogens (tertiary/aromatic N) is 1. The molecule has 7 nitrogen and oxygen atoms in total. The van der Waals surface area contributed by atoms with E-state index in [1.807, 2.05) is 0 Å². The van der Waals surface area contributed by atoms with Crippen molar-refractivity contribution >= 4 is 31.5 Å². The molecular formula is C23H26ClF2NO6S2. The highest BCUT2D eigenvalue weighted by Crippen LogP contribution is 2.58. The predicted molar refractivity (Wildman–Crippen MR) is 126 cm³/mol. The van der Waals surface area contributed by atoms with Crippen LogP contribution in [0.5, 0.6) is 5.75 Å². The maximum absolute atomic E-state index is 15.4. The summed E-state index contributed by atoms with van der Waals surface area (Å²) in [5.41, 5.74) is -0.420. The minimum Gasteiger partial charge on any atom is -0.490 e. The van der Waals surface area contributed by atoms with Gasteiger partial charge in [0.1, 0.15) is 10.6 Å². The van der Waals surface area contributed by atoms with E-state index in [0.29, 0.717) is 5.02 Å². The summed E-state index contributed by atoms with van der Waals surface area (Å²) in [5.74, 6) is -4.57. The molecule has 0 aromatic heterocycles. The van der Waals surface area contributed by atoms with Gasteiger partial charge < -0.3 is 9.84 Å². The van der Waals surface area contributed by atoms with Crippen molar-refractivity contribution in [2.24, 2.45) is 11.8 Å². The number of halogens is 3. The summed E-state index contributed by atoms with van der Waals surface area (Å²) in [6.07, 6.45) is -1.38. The number of rotatable bonds is 6. The van der Waals surface area contributed by atoms with Crippen LogP contribution in [0.3, 0.4) is 0 Å². The zero-order valence-electron chi connectivity index (χ0n) is 19.1. The van der Waals surface area contributed by atoms with Crippen molar-refractivity contribution in [3.8, 4) is 5.75 Å². The lowest BCUT2D eigenvalue weighted by atomic mass is 9.65. The van der Waals surface area contributed by atoms with E-state index >= 15 is 4.39 Å². The largest absolute Gasteiger partial charge is 0.490 e. The molecule has 0 bridgehead atoms. The topological polar surface area (TPSA) is 101 Å². The maximum Gasteiger partial charge on any atom is 0.213 e. The Hall–Kier alpha value is -1.79. The summed E-state index contributed by atoms with van der Waals surface area (Å²) in [4.78, 5) is -0.139. The Morgan fingerprint density at radius 3 is 2.34 bits per heavy atom. The number of sulfone groups is 1. The third-order valence-corrected chi connectivity index (χ3v) is 11.9. The Morgan fingerprint density at radius 2 is 1.71 bits per heavy atom. The van der Waals surface area contributed by atoms with Gasteiger partial charge >= 0.3 is 0 Å². The van der Waals surface area contributed by atoms with Gasteiger partial charge in [0.15, 0.2) is 21.4 Å². The molecule has 1 saturated carbocycles. The van der Waals surface area contributed by atoms with Gasteiger partial charge in [-0.15, -0.1) is 0 Å². The smallest absolute Gasteiger partial charge is 0.213 e. The average molecular weight is 550 g/mol. The first kappa shape index (κ1) is 26.3. The normalized spacial score (nSPS) is 26.7. The fourth-order valence-corrected chi connectivity index (χ4v) is 8.80. The van der Waals surface area contributed by atoms with Crippen LogP contribution in [0, 0.1) is 23.5 Å². The van der Waals surface area contributed by atoms with E-state index in [1.165, 1.54) is 38.4 Å². The van der Waals surface area contributed by atoms with Crippen LogP contribution in [-0.2, 0) is 24.6 Å². The summed E-state index contributed by atoms with van der Waals surface area (Å²) in [7, 11) is -5.31. The highest BCUT2D eigenvalue weighted by Gasteiger charge is 2.62. The van der Waals surface area contributed by atoms with Crippen molar-refractivity contribution in [3.63, 3.8) is 0 Å². The lowest BCUT2D eigenvalue weighted by Gasteiger charge is -2.52. The highest BCUT2D eigenvalue weighted by atomic mass is 35.5. The molecule has 0 unspecified atom stereocenters. The third kappa shape index (κ3) is 4.25. The molecule has 1 N–H and O–H groups in total. The van der Waals surface area contributed by atoms with Crippen LogP contribution in [0.1, 0.15) is 24.8 Å². The van der Waals surface area contributed by atoms with Crippen LogP contribution >= 0.6 is 11.6 Å². The van der Waals surface area contributed by atoms with Crippen LogP contribution in [0.2, 0.25) is 5.02 Å². The predicted octanol–water partition coefficient (Wildman–Crippen LogP) is 3.35. The minimum absolute atomic E-state index is 0.0502. The van der Waals surface area contributed by atoms with Crippen molar-refractivity contribution in [1.29, 1.82) is 0 Å². The van der Waals surface area contributed by atoms with Gasteiger partial charge in [-0.05, 0) is 61.6 Å². The van der Waals surface area contributed by atoms with Crippen LogP contribution in [0.15, 0.2) is 41.3 Å². The lowest BCUT2D eigenvalue weighted by Crippen LogP contribution is -2.57. The Morgan fingerprint density at radius 1 is 1.09 bits per heavy atom. The van der Waals surface area contributed by atoms with E-state index in [0.717, 1.165) is 16.4 Å². The SMILES string of the molecule is CN(C)S(=O)(=O)CC[C@@H]1[C@H]2COc3c(F)ccc(F)c3[C@@]2(S(=O)(=O)c2ccc(Cl)cc2)CC[C@@H]1O.